The number of benzene rings is 3. The normalized spacial score (nSPS) is 14.1. The van der Waals surface area contributed by atoms with E-state index in [2.05, 4.69) is 16.0 Å². The molecule has 3 aromatic carbocycles. The molecule has 0 aliphatic carbocycles. The molecule has 7 nitrogen and oxygen atoms in total. The fourth-order valence-electron chi connectivity index (χ4n) is 3.38. The van der Waals surface area contributed by atoms with E-state index in [1.54, 1.807) is 18.2 Å². The Bertz CT molecular complexity index is 1190. The van der Waals surface area contributed by atoms with Crippen LogP contribution in [0.4, 0.5) is 21.5 Å². The zero-order chi connectivity index (χ0) is 22.7. The summed E-state index contributed by atoms with van der Waals surface area (Å²) in [6, 6.07) is 17.8. The van der Waals surface area contributed by atoms with Gasteiger partial charge in [0.05, 0.1) is 5.69 Å². The van der Waals surface area contributed by atoms with Crippen LogP contribution >= 0.6 is 0 Å². The van der Waals surface area contributed by atoms with Gasteiger partial charge in [-0.25, -0.2) is 4.39 Å². The molecular formula is C24H20FN3O4. The van der Waals surface area contributed by atoms with Gasteiger partial charge in [0.15, 0.2) is 6.10 Å². The summed E-state index contributed by atoms with van der Waals surface area (Å²) in [4.78, 5) is 36.4. The van der Waals surface area contributed by atoms with Crippen molar-refractivity contribution in [3.05, 3.63) is 83.7 Å². The van der Waals surface area contributed by atoms with Crippen molar-refractivity contribution in [2.75, 3.05) is 16.0 Å². The number of carbonyl (C=O) groups excluding carboxylic acids is 3. The van der Waals surface area contributed by atoms with Crippen LogP contribution in [0.3, 0.4) is 0 Å². The van der Waals surface area contributed by atoms with Gasteiger partial charge in [-0.1, -0.05) is 24.3 Å². The lowest BCUT2D eigenvalue weighted by atomic mass is 10.1. The molecular weight excluding hydrogens is 413 g/mol. The second kappa shape index (κ2) is 8.89. The van der Waals surface area contributed by atoms with Gasteiger partial charge >= 0.3 is 0 Å². The minimum absolute atomic E-state index is 0.0335. The standard InChI is InChI=1S/C24H20FN3O4/c1-14(29)26-20-13-18(9-10-19(20)25)27-23(30)16-6-4-7-17(11-16)28-24(31)22-12-15-5-2-3-8-21(15)32-22/h2-11,13,22H,12H2,1H3,(H,26,29)(H,27,30)(H,28,31). The van der Waals surface area contributed by atoms with Gasteiger partial charge in [0, 0.05) is 30.3 Å². The molecule has 0 saturated heterocycles. The van der Waals surface area contributed by atoms with Crippen LogP contribution in [0.5, 0.6) is 5.75 Å². The molecule has 1 atom stereocenters. The first-order chi connectivity index (χ1) is 15.4. The van der Waals surface area contributed by atoms with E-state index in [-0.39, 0.29) is 11.6 Å². The third-order valence-corrected chi connectivity index (χ3v) is 4.87. The number of nitrogens with one attached hydrogen (secondary N) is 3. The first-order valence-corrected chi connectivity index (χ1v) is 9.93. The van der Waals surface area contributed by atoms with Gasteiger partial charge in [0.25, 0.3) is 11.8 Å². The van der Waals surface area contributed by atoms with Gasteiger partial charge in [-0.05, 0) is 48.0 Å². The summed E-state index contributed by atoms with van der Waals surface area (Å²) in [5, 5.41) is 7.79. The van der Waals surface area contributed by atoms with Crippen molar-refractivity contribution in [3.8, 4) is 5.75 Å². The zero-order valence-corrected chi connectivity index (χ0v) is 17.1. The maximum absolute atomic E-state index is 13.8. The van der Waals surface area contributed by atoms with E-state index in [0.717, 1.165) is 11.6 Å². The van der Waals surface area contributed by atoms with Gasteiger partial charge in [0.2, 0.25) is 5.91 Å². The van der Waals surface area contributed by atoms with Crippen LogP contribution in [0.25, 0.3) is 0 Å². The zero-order valence-electron chi connectivity index (χ0n) is 17.1. The Hall–Kier alpha value is -4.20. The lowest BCUT2D eigenvalue weighted by molar-refractivity contribution is -0.122. The molecule has 0 bridgehead atoms. The van der Waals surface area contributed by atoms with Crippen LogP contribution in [0, 0.1) is 5.82 Å². The molecule has 0 radical (unpaired) electrons. The van der Waals surface area contributed by atoms with E-state index in [1.807, 2.05) is 24.3 Å². The number of halogens is 1. The molecule has 1 aliphatic heterocycles. The van der Waals surface area contributed by atoms with Gasteiger partial charge in [-0.2, -0.15) is 0 Å². The Morgan fingerprint density at radius 2 is 1.69 bits per heavy atom. The summed E-state index contributed by atoms with van der Waals surface area (Å²) in [6.45, 7) is 1.26. The lowest BCUT2D eigenvalue weighted by Gasteiger charge is -2.13. The number of para-hydroxylation sites is 1. The van der Waals surface area contributed by atoms with Crippen molar-refractivity contribution in [2.45, 2.75) is 19.4 Å². The Labute approximate surface area is 183 Å². The van der Waals surface area contributed by atoms with E-state index in [4.69, 9.17) is 4.74 Å². The summed E-state index contributed by atoms with van der Waals surface area (Å²) < 4.78 is 19.5. The molecule has 1 aliphatic rings. The van der Waals surface area contributed by atoms with Crippen LogP contribution < -0.4 is 20.7 Å². The highest BCUT2D eigenvalue weighted by atomic mass is 19.1. The second-order valence-electron chi connectivity index (χ2n) is 7.32. The summed E-state index contributed by atoms with van der Waals surface area (Å²) in [7, 11) is 0. The van der Waals surface area contributed by atoms with Gasteiger partial charge in [-0.3, -0.25) is 14.4 Å². The van der Waals surface area contributed by atoms with E-state index in [1.165, 1.54) is 25.1 Å². The molecule has 0 saturated carbocycles. The summed E-state index contributed by atoms with van der Waals surface area (Å²) in [6.07, 6.45) is -0.167. The molecule has 4 rings (SSSR count). The van der Waals surface area contributed by atoms with Crippen LogP contribution in [0.1, 0.15) is 22.8 Å². The first kappa shape index (κ1) is 21.0. The van der Waals surface area contributed by atoms with E-state index in [0.29, 0.717) is 29.1 Å². The Morgan fingerprint density at radius 1 is 0.906 bits per heavy atom. The summed E-state index contributed by atoms with van der Waals surface area (Å²) in [5.41, 5.74) is 1.99. The molecule has 0 aromatic heterocycles. The molecule has 0 fully saturated rings. The third kappa shape index (κ3) is 4.75. The number of amides is 3. The first-order valence-electron chi connectivity index (χ1n) is 9.93. The van der Waals surface area contributed by atoms with Crippen molar-refractivity contribution in [2.24, 2.45) is 0 Å². The SMILES string of the molecule is CC(=O)Nc1cc(NC(=O)c2cccc(NC(=O)C3Cc4ccccc4O3)c2)ccc1F. The molecule has 3 N–H and O–H groups in total. The molecule has 3 amide bonds. The van der Waals surface area contributed by atoms with Crippen LogP contribution in [-0.4, -0.2) is 23.8 Å². The number of hydrogen-bond donors (Lipinski definition) is 3. The minimum atomic E-state index is -0.642. The molecule has 0 spiro atoms. The van der Waals surface area contributed by atoms with Crippen molar-refractivity contribution >= 4 is 34.8 Å². The minimum Gasteiger partial charge on any atom is -0.480 e. The molecule has 1 unspecified atom stereocenters. The number of rotatable bonds is 5. The monoisotopic (exact) mass is 433 g/mol. The molecule has 8 heteroatoms. The van der Waals surface area contributed by atoms with Crippen molar-refractivity contribution < 1.29 is 23.5 Å². The molecule has 32 heavy (non-hydrogen) atoms. The van der Waals surface area contributed by atoms with Crippen molar-refractivity contribution in [3.63, 3.8) is 0 Å². The van der Waals surface area contributed by atoms with Crippen LogP contribution in [0.15, 0.2) is 66.7 Å². The topological polar surface area (TPSA) is 96.5 Å². The molecule has 162 valence electrons. The second-order valence-corrected chi connectivity index (χ2v) is 7.32. The highest BCUT2D eigenvalue weighted by molar-refractivity contribution is 6.06. The van der Waals surface area contributed by atoms with Gasteiger partial charge < -0.3 is 20.7 Å². The Balaban J connectivity index is 1.42. The average Bonchev–Trinajstić information content (AvgIpc) is 3.20. The average molecular weight is 433 g/mol. The highest BCUT2D eigenvalue weighted by Gasteiger charge is 2.28. The highest BCUT2D eigenvalue weighted by Crippen LogP contribution is 2.29. The number of fused-ring (bicyclic) bond motifs is 1. The predicted octanol–water partition coefficient (Wildman–Crippen LogP) is 3.98. The van der Waals surface area contributed by atoms with Gasteiger partial charge in [-0.15, -0.1) is 0 Å². The van der Waals surface area contributed by atoms with Crippen LogP contribution in [-0.2, 0) is 16.0 Å². The maximum Gasteiger partial charge on any atom is 0.265 e. The maximum atomic E-state index is 13.8. The van der Waals surface area contributed by atoms with Crippen molar-refractivity contribution in [1.29, 1.82) is 0 Å². The van der Waals surface area contributed by atoms with Crippen molar-refractivity contribution in [1.82, 2.24) is 0 Å². The quantitative estimate of drug-likeness (QED) is 0.567. The number of hydrogen-bond acceptors (Lipinski definition) is 4. The summed E-state index contributed by atoms with van der Waals surface area (Å²) >= 11 is 0. The largest absolute Gasteiger partial charge is 0.480 e. The lowest BCUT2D eigenvalue weighted by Crippen LogP contribution is -2.31. The summed E-state index contributed by atoms with van der Waals surface area (Å²) in [5.74, 6) is -1.11. The van der Waals surface area contributed by atoms with E-state index in [9.17, 15) is 18.8 Å². The number of carbonyl (C=O) groups is 3. The number of ether oxygens (including phenoxy) is 1. The van der Waals surface area contributed by atoms with E-state index < -0.39 is 23.7 Å². The smallest absolute Gasteiger partial charge is 0.265 e. The predicted molar refractivity (Wildman–Crippen MR) is 118 cm³/mol. The fourth-order valence-corrected chi connectivity index (χ4v) is 3.38. The fraction of sp³-hybridized carbons (Fsp3) is 0.125. The third-order valence-electron chi connectivity index (χ3n) is 4.87. The Kier molecular flexibility index (Phi) is 5.85. The number of anilines is 3. The molecule has 1 heterocycles. The van der Waals surface area contributed by atoms with E-state index >= 15 is 0 Å². The van der Waals surface area contributed by atoms with Crippen LogP contribution in [0.2, 0.25) is 0 Å². The molecule has 3 aromatic rings. The Morgan fingerprint density at radius 3 is 2.47 bits per heavy atom. The van der Waals surface area contributed by atoms with Gasteiger partial charge in [0.1, 0.15) is 11.6 Å².